The molecule has 0 heterocycles. The van der Waals surface area contributed by atoms with E-state index in [0.717, 1.165) is 12.8 Å². The number of hydrogen-bond acceptors (Lipinski definition) is 0. The molecule has 15 heavy (non-hydrogen) atoms. The van der Waals surface area contributed by atoms with Crippen LogP contribution in [-0.2, 0) is 6.42 Å². The fourth-order valence-corrected chi connectivity index (χ4v) is 3.41. The van der Waals surface area contributed by atoms with E-state index in [2.05, 4.69) is 47.1 Å². The van der Waals surface area contributed by atoms with E-state index in [0.29, 0.717) is 10.8 Å². The van der Waals surface area contributed by atoms with Crippen molar-refractivity contribution in [2.75, 3.05) is 0 Å². The minimum atomic E-state index is 0.387. The van der Waals surface area contributed by atoms with Crippen LogP contribution in [0.1, 0.15) is 31.7 Å². The number of halogens is 2. The number of hydrogen-bond donors (Lipinski definition) is 0. The van der Waals surface area contributed by atoms with Crippen molar-refractivity contribution in [3.8, 4) is 0 Å². The highest BCUT2D eigenvalue weighted by molar-refractivity contribution is 9.10. The molecule has 0 aliphatic heterocycles. The molecular formula is C13H16BrCl. The van der Waals surface area contributed by atoms with Gasteiger partial charge in [0.1, 0.15) is 0 Å². The van der Waals surface area contributed by atoms with Crippen molar-refractivity contribution >= 4 is 27.5 Å². The maximum atomic E-state index is 6.19. The summed E-state index contributed by atoms with van der Waals surface area (Å²) in [4.78, 5) is 0. The van der Waals surface area contributed by atoms with Gasteiger partial charge in [0.2, 0.25) is 0 Å². The van der Waals surface area contributed by atoms with Gasteiger partial charge in [0, 0.05) is 9.85 Å². The summed E-state index contributed by atoms with van der Waals surface area (Å²) >= 11 is 9.80. The Balaban J connectivity index is 2.12. The quantitative estimate of drug-likeness (QED) is 0.686. The highest BCUT2D eigenvalue weighted by Gasteiger charge is 2.34. The normalized spacial score (nSPS) is 30.7. The Hall–Kier alpha value is -0.0100. The second kappa shape index (κ2) is 4.47. The summed E-state index contributed by atoms with van der Waals surface area (Å²) in [5.41, 5.74) is 1.81. The Morgan fingerprint density at radius 1 is 1.47 bits per heavy atom. The third-order valence-electron chi connectivity index (χ3n) is 3.35. The van der Waals surface area contributed by atoms with Crippen molar-refractivity contribution in [3.63, 3.8) is 0 Å². The lowest BCUT2D eigenvalue weighted by atomic mass is 9.82. The summed E-state index contributed by atoms with van der Waals surface area (Å²) in [5, 5.41) is 0.387. The van der Waals surface area contributed by atoms with E-state index in [1.165, 1.54) is 22.9 Å². The minimum absolute atomic E-state index is 0.387. The zero-order chi connectivity index (χ0) is 10.9. The van der Waals surface area contributed by atoms with Crippen molar-refractivity contribution in [1.29, 1.82) is 0 Å². The third kappa shape index (κ3) is 2.76. The molecule has 2 atom stereocenters. The molecule has 0 nitrogen and oxygen atoms in total. The van der Waals surface area contributed by atoms with Crippen molar-refractivity contribution in [2.45, 2.75) is 38.0 Å². The molecule has 1 fully saturated rings. The molecule has 0 bridgehead atoms. The second-order valence-electron chi connectivity index (χ2n) is 4.92. The molecule has 0 aromatic heterocycles. The Labute approximate surface area is 105 Å². The third-order valence-corrected chi connectivity index (χ3v) is 4.50. The van der Waals surface area contributed by atoms with Gasteiger partial charge in [0.15, 0.2) is 0 Å². The first-order valence-electron chi connectivity index (χ1n) is 5.47. The Morgan fingerprint density at radius 3 is 2.80 bits per heavy atom. The van der Waals surface area contributed by atoms with Gasteiger partial charge in [-0.1, -0.05) is 41.1 Å². The van der Waals surface area contributed by atoms with Gasteiger partial charge >= 0.3 is 0 Å². The SMILES string of the molecule is CC1(Cc2ccccc2Br)CCC(Cl)C1. The predicted octanol–water partition coefficient (Wildman–Crippen LogP) is 4.79. The van der Waals surface area contributed by atoms with Crippen LogP contribution >= 0.6 is 27.5 Å². The van der Waals surface area contributed by atoms with E-state index >= 15 is 0 Å². The molecule has 2 heteroatoms. The van der Waals surface area contributed by atoms with Crippen molar-refractivity contribution in [2.24, 2.45) is 5.41 Å². The van der Waals surface area contributed by atoms with Gasteiger partial charge in [-0.05, 0) is 42.7 Å². The molecule has 0 amide bonds. The van der Waals surface area contributed by atoms with E-state index in [1.54, 1.807) is 0 Å². The monoisotopic (exact) mass is 286 g/mol. The molecule has 1 saturated carbocycles. The fourth-order valence-electron chi connectivity index (χ4n) is 2.51. The first kappa shape index (κ1) is 11.5. The predicted molar refractivity (Wildman–Crippen MR) is 69.4 cm³/mol. The molecule has 0 saturated heterocycles. The fraction of sp³-hybridized carbons (Fsp3) is 0.538. The zero-order valence-corrected chi connectivity index (χ0v) is 11.3. The molecule has 1 aromatic rings. The smallest absolute Gasteiger partial charge is 0.0341 e. The molecule has 1 aromatic carbocycles. The van der Waals surface area contributed by atoms with Gasteiger partial charge in [-0.2, -0.15) is 0 Å². The molecule has 82 valence electrons. The second-order valence-corrected chi connectivity index (χ2v) is 6.39. The zero-order valence-electron chi connectivity index (χ0n) is 8.97. The summed E-state index contributed by atoms with van der Waals surface area (Å²) in [6.45, 7) is 2.36. The van der Waals surface area contributed by atoms with Crippen molar-refractivity contribution in [3.05, 3.63) is 34.3 Å². The van der Waals surface area contributed by atoms with Gasteiger partial charge in [0.05, 0.1) is 0 Å². The van der Waals surface area contributed by atoms with E-state index in [1.807, 2.05) is 0 Å². The Morgan fingerprint density at radius 2 is 2.20 bits per heavy atom. The average molecular weight is 288 g/mol. The summed E-state index contributed by atoms with van der Waals surface area (Å²) in [6, 6.07) is 8.49. The first-order chi connectivity index (χ1) is 7.09. The molecule has 0 spiro atoms. The van der Waals surface area contributed by atoms with Gasteiger partial charge < -0.3 is 0 Å². The number of alkyl halides is 1. The molecule has 2 unspecified atom stereocenters. The first-order valence-corrected chi connectivity index (χ1v) is 6.69. The summed E-state index contributed by atoms with van der Waals surface area (Å²) in [6.07, 6.45) is 4.71. The summed E-state index contributed by atoms with van der Waals surface area (Å²) in [5.74, 6) is 0. The summed E-state index contributed by atoms with van der Waals surface area (Å²) < 4.78 is 1.23. The minimum Gasteiger partial charge on any atom is -0.123 e. The van der Waals surface area contributed by atoms with Gasteiger partial charge in [0.25, 0.3) is 0 Å². The molecule has 0 N–H and O–H groups in total. The lowest BCUT2D eigenvalue weighted by molar-refractivity contribution is 0.334. The van der Waals surface area contributed by atoms with Crippen LogP contribution in [-0.4, -0.2) is 5.38 Å². The highest BCUT2D eigenvalue weighted by Crippen LogP contribution is 2.43. The van der Waals surface area contributed by atoms with Crippen LogP contribution in [0.2, 0.25) is 0 Å². The van der Waals surface area contributed by atoms with Crippen LogP contribution in [0, 0.1) is 5.41 Å². The van der Waals surface area contributed by atoms with Crippen LogP contribution < -0.4 is 0 Å². The molecule has 0 radical (unpaired) electrons. The molecule has 1 aliphatic rings. The Bertz CT molecular complexity index is 350. The Kier molecular flexibility index (Phi) is 3.42. The number of rotatable bonds is 2. The van der Waals surface area contributed by atoms with Gasteiger partial charge in [-0.25, -0.2) is 0 Å². The van der Waals surface area contributed by atoms with Crippen LogP contribution in [0.15, 0.2) is 28.7 Å². The van der Waals surface area contributed by atoms with Gasteiger partial charge in [-0.3, -0.25) is 0 Å². The van der Waals surface area contributed by atoms with Crippen LogP contribution in [0.25, 0.3) is 0 Å². The van der Waals surface area contributed by atoms with Crippen LogP contribution in [0.5, 0.6) is 0 Å². The highest BCUT2D eigenvalue weighted by atomic mass is 79.9. The topological polar surface area (TPSA) is 0 Å². The van der Waals surface area contributed by atoms with E-state index in [-0.39, 0.29) is 0 Å². The van der Waals surface area contributed by atoms with Crippen molar-refractivity contribution in [1.82, 2.24) is 0 Å². The largest absolute Gasteiger partial charge is 0.123 e. The average Bonchev–Trinajstić information content (AvgIpc) is 2.51. The molecular weight excluding hydrogens is 272 g/mol. The molecule has 1 aliphatic carbocycles. The maximum absolute atomic E-state index is 6.19. The number of benzene rings is 1. The lowest BCUT2D eigenvalue weighted by Crippen LogP contribution is -2.16. The van der Waals surface area contributed by atoms with Crippen molar-refractivity contribution < 1.29 is 0 Å². The maximum Gasteiger partial charge on any atom is 0.0341 e. The van der Waals surface area contributed by atoms with E-state index < -0.39 is 0 Å². The van der Waals surface area contributed by atoms with Gasteiger partial charge in [-0.15, -0.1) is 11.6 Å². The van der Waals surface area contributed by atoms with E-state index in [4.69, 9.17) is 11.6 Å². The van der Waals surface area contributed by atoms with E-state index in [9.17, 15) is 0 Å². The lowest BCUT2D eigenvalue weighted by Gasteiger charge is -2.24. The standard InChI is InChI=1S/C13H16BrCl/c1-13(7-6-11(15)9-13)8-10-4-2-3-5-12(10)14/h2-5,11H,6-9H2,1H3. The summed E-state index contributed by atoms with van der Waals surface area (Å²) in [7, 11) is 0. The molecule has 2 rings (SSSR count). The van der Waals surface area contributed by atoms with Crippen LogP contribution in [0.3, 0.4) is 0 Å². The van der Waals surface area contributed by atoms with Crippen LogP contribution in [0.4, 0.5) is 0 Å².